The molecule has 48 heavy (non-hydrogen) atoms. The maximum atomic E-state index is 12.9. The highest BCUT2D eigenvalue weighted by Crippen LogP contribution is 2.45. The van der Waals surface area contributed by atoms with E-state index in [9.17, 15) is 9.59 Å². The minimum atomic E-state index is -0.413. The molecule has 0 fully saturated rings. The number of nitrogens with zero attached hydrogens (tertiary/aromatic N) is 2. The Kier molecular flexibility index (Phi) is 6.53. The summed E-state index contributed by atoms with van der Waals surface area (Å²) < 4.78 is 11.5. The fraction of sp³-hybridized carbons (Fsp3) is 0.100. The summed E-state index contributed by atoms with van der Waals surface area (Å²) in [5.74, 6) is 0.664. The minimum Gasteiger partial charge on any atom is -0.406 e. The number of benzene rings is 5. The highest BCUT2D eigenvalue weighted by Gasteiger charge is 2.36. The molecular formula is C40H28N4O4. The molecule has 232 valence electrons. The normalized spacial score (nSPS) is 15.6. The molecule has 0 amide bonds. The molecule has 0 spiro atoms. The van der Waals surface area contributed by atoms with Crippen LogP contribution in [0.1, 0.15) is 40.1 Å². The summed E-state index contributed by atoms with van der Waals surface area (Å²) in [5.41, 5.74) is 7.52. The van der Waals surface area contributed by atoms with E-state index in [2.05, 4.69) is 52.8 Å². The van der Waals surface area contributed by atoms with Crippen LogP contribution in [0, 0.1) is 0 Å². The third kappa shape index (κ3) is 4.77. The fourth-order valence-electron chi connectivity index (χ4n) is 6.97. The Morgan fingerprint density at radius 1 is 0.625 bits per heavy atom. The van der Waals surface area contributed by atoms with E-state index in [4.69, 9.17) is 18.8 Å². The van der Waals surface area contributed by atoms with Gasteiger partial charge >= 0.3 is 11.3 Å². The van der Waals surface area contributed by atoms with Crippen molar-refractivity contribution in [1.29, 1.82) is 0 Å². The van der Waals surface area contributed by atoms with Gasteiger partial charge < -0.3 is 19.1 Å². The van der Waals surface area contributed by atoms with Crippen LogP contribution in [-0.2, 0) is 12.8 Å². The van der Waals surface area contributed by atoms with E-state index in [0.29, 0.717) is 39.8 Å². The number of fused-ring (bicyclic) bond motifs is 4. The Morgan fingerprint density at radius 2 is 1.25 bits per heavy atom. The van der Waals surface area contributed by atoms with E-state index >= 15 is 0 Å². The molecule has 1 aliphatic rings. The van der Waals surface area contributed by atoms with E-state index < -0.39 is 5.63 Å². The predicted molar refractivity (Wildman–Crippen MR) is 186 cm³/mol. The van der Waals surface area contributed by atoms with Gasteiger partial charge in [0.05, 0.1) is 21.8 Å². The second kappa shape index (κ2) is 11.2. The summed E-state index contributed by atoms with van der Waals surface area (Å²) >= 11 is 0. The first kappa shape index (κ1) is 28.0. The molecule has 0 saturated heterocycles. The Bertz CT molecular complexity index is 2620. The molecule has 2 N–H and O–H groups in total. The van der Waals surface area contributed by atoms with Crippen LogP contribution in [0.4, 0.5) is 5.69 Å². The first-order valence-electron chi connectivity index (χ1n) is 15.9. The van der Waals surface area contributed by atoms with Crippen molar-refractivity contribution in [2.24, 2.45) is 0 Å². The first-order valence-corrected chi connectivity index (χ1v) is 15.9. The number of para-hydroxylation sites is 4. The van der Waals surface area contributed by atoms with Crippen molar-refractivity contribution in [2.45, 2.75) is 24.8 Å². The van der Waals surface area contributed by atoms with Gasteiger partial charge in [0.1, 0.15) is 11.7 Å². The summed E-state index contributed by atoms with van der Waals surface area (Å²) in [6.07, 6.45) is 1.33. The van der Waals surface area contributed by atoms with Crippen LogP contribution < -0.4 is 16.6 Å². The smallest absolute Gasteiger partial charge is 0.347 e. The quantitative estimate of drug-likeness (QED) is 0.192. The lowest BCUT2D eigenvalue weighted by atomic mass is 9.88. The molecule has 0 bridgehead atoms. The number of hydrogen-bond donors (Lipinski definition) is 2. The standard InChI is InChI=1S/C40H28N4O4/c45-39-27-11-3-7-15-33(27)43-37(47-39)35-29(25-9-1-5-13-31(25)41-35)21-23-17-19-24(20-18-23)22-30-26-10-2-6-14-32(26)42-36(30)38-44-34-16-8-4-12-28(34)40(46)48-38/h1-20,29,35,41-42H,21-22H2. The Labute approximate surface area is 273 Å². The number of aromatic amines is 1. The lowest BCUT2D eigenvalue weighted by Crippen LogP contribution is -2.18. The van der Waals surface area contributed by atoms with Gasteiger partial charge in [-0.2, -0.15) is 0 Å². The van der Waals surface area contributed by atoms with E-state index in [-0.39, 0.29) is 23.5 Å². The van der Waals surface area contributed by atoms with Crippen molar-refractivity contribution in [1.82, 2.24) is 15.0 Å². The predicted octanol–water partition coefficient (Wildman–Crippen LogP) is 7.92. The molecule has 2 atom stereocenters. The molecular weight excluding hydrogens is 600 g/mol. The largest absolute Gasteiger partial charge is 0.406 e. The van der Waals surface area contributed by atoms with Crippen molar-refractivity contribution >= 4 is 38.4 Å². The van der Waals surface area contributed by atoms with E-state index in [1.165, 1.54) is 0 Å². The molecule has 0 saturated carbocycles. The average molecular weight is 629 g/mol. The molecule has 8 heteroatoms. The Hall–Kier alpha value is -6.28. The Morgan fingerprint density at radius 3 is 2.04 bits per heavy atom. The van der Waals surface area contributed by atoms with Crippen LogP contribution in [0.3, 0.4) is 0 Å². The van der Waals surface area contributed by atoms with Crippen molar-refractivity contribution in [3.8, 4) is 11.6 Å². The maximum absolute atomic E-state index is 12.9. The second-order valence-corrected chi connectivity index (χ2v) is 12.2. The van der Waals surface area contributed by atoms with E-state index in [1.807, 2.05) is 60.7 Å². The van der Waals surface area contributed by atoms with Crippen LogP contribution in [0.5, 0.6) is 0 Å². The molecule has 3 aromatic heterocycles. The maximum Gasteiger partial charge on any atom is 0.347 e. The van der Waals surface area contributed by atoms with Gasteiger partial charge in [0.15, 0.2) is 0 Å². The van der Waals surface area contributed by atoms with Gasteiger partial charge in [-0.3, -0.25) is 0 Å². The average Bonchev–Trinajstić information content (AvgIpc) is 3.67. The van der Waals surface area contributed by atoms with Gasteiger partial charge in [0.25, 0.3) is 0 Å². The zero-order valence-corrected chi connectivity index (χ0v) is 25.6. The molecule has 1 aliphatic heterocycles. The van der Waals surface area contributed by atoms with Crippen LogP contribution in [0.2, 0.25) is 0 Å². The highest BCUT2D eigenvalue weighted by molar-refractivity contribution is 5.90. The molecule has 0 radical (unpaired) electrons. The molecule has 2 unspecified atom stereocenters. The second-order valence-electron chi connectivity index (χ2n) is 12.2. The van der Waals surface area contributed by atoms with Crippen LogP contribution in [0.25, 0.3) is 44.3 Å². The first-order chi connectivity index (χ1) is 23.6. The summed E-state index contributed by atoms with van der Waals surface area (Å²) in [6.45, 7) is 0. The minimum absolute atomic E-state index is 0.00552. The number of hydrogen-bond acceptors (Lipinski definition) is 7. The van der Waals surface area contributed by atoms with E-state index in [0.717, 1.165) is 45.3 Å². The summed E-state index contributed by atoms with van der Waals surface area (Å²) in [6, 6.07) is 39.1. The van der Waals surface area contributed by atoms with Crippen LogP contribution >= 0.6 is 0 Å². The van der Waals surface area contributed by atoms with Crippen molar-refractivity contribution in [2.75, 3.05) is 5.32 Å². The fourth-order valence-corrected chi connectivity index (χ4v) is 6.97. The molecule has 8 aromatic rings. The van der Waals surface area contributed by atoms with Crippen LogP contribution in [-0.4, -0.2) is 15.0 Å². The number of H-pyrrole nitrogens is 1. The van der Waals surface area contributed by atoms with Gasteiger partial charge in [0.2, 0.25) is 11.8 Å². The lowest BCUT2D eigenvalue weighted by Gasteiger charge is -2.19. The van der Waals surface area contributed by atoms with Crippen molar-refractivity contribution in [3.63, 3.8) is 0 Å². The third-order valence-electron chi connectivity index (χ3n) is 9.31. The topological polar surface area (TPSA) is 114 Å². The molecule has 8 nitrogen and oxygen atoms in total. The summed E-state index contributed by atoms with van der Waals surface area (Å²) in [4.78, 5) is 38.7. The summed E-state index contributed by atoms with van der Waals surface area (Å²) in [7, 11) is 0. The van der Waals surface area contributed by atoms with Gasteiger partial charge in [-0.25, -0.2) is 19.6 Å². The zero-order valence-electron chi connectivity index (χ0n) is 25.6. The van der Waals surface area contributed by atoms with Gasteiger partial charge in [-0.15, -0.1) is 0 Å². The summed E-state index contributed by atoms with van der Waals surface area (Å²) in [5, 5.41) is 5.55. The van der Waals surface area contributed by atoms with E-state index in [1.54, 1.807) is 18.2 Å². The monoisotopic (exact) mass is 628 g/mol. The number of nitrogens with one attached hydrogen (secondary N) is 2. The highest BCUT2D eigenvalue weighted by atomic mass is 16.4. The van der Waals surface area contributed by atoms with Gasteiger partial charge in [-0.05, 0) is 65.1 Å². The van der Waals surface area contributed by atoms with Gasteiger partial charge in [-0.1, -0.05) is 84.9 Å². The molecule has 0 aliphatic carbocycles. The van der Waals surface area contributed by atoms with Crippen molar-refractivity contribution in [3.05, 3.63) is 170 Å². The lowest BCUT2D eigenvalue weighted by molar-refractivity contribution is 0.398. The molecule has 4 heterocycles. The number of aromatic nitrogens is 3. The zero-order chi connectivity index (χ0) is 32.2. The molecule has 9 rings (SSSR count). The molecule has 5 aromatic carbocycles. The number of rotatable bonds is 6. The SMILES string of the molecule is O=c1oc(-c2[nH]c3ccccc3c2Cc2ccc(CC3c4ccccc4NC3c3nc4ccccc4c(=O)o3)cc2)nc2ccccc12. The van der Waals surface area contributed by atoms with Gasteiger partial charge in [0, 0.05) is 28.9 Å². The number of anilines is 1. The Balaban J connectivity index is 1.04. The van der Waals surface area contributed by atoms with Crippen molar-refractivity contribution < 1.29 is 8.83 Å². The van der Waals surface area contributed by atoms with Crippen LogP contribution in [0.15, 0.2) is 140 Å². The third-order valence-corrected chi connectivity index (χ3v) is 9.31.